The molecule has 0 fully saturated rings. The summed E-state index contributed by atoms with van der Waals surface area (Å²) in [4.78, 5) is 35.1. The fourth-order valence-electron chi connectivity index (χ4n) is 2.14. The smallest absolute Gasteiger partial charge is 0.311 e. The highest BCUT2D eigenvalue weighted by molar-refractivity contribution is 7.99. The summed E-state index contributed by atoms with van der Waals surface area (Å²) in [7, 11) is 1.33. The van der Waals surface area contributed by atoms with Crippen LogP contribution in [0.25, 0.3) is 11.0 Å². The zero-order chi connectivity index (χ0) is 17.6. The Morgan fingerprint density at radius 2 is 2.16 bits per heavy atom. The molecule has 25 heavy (non-hydrogen) atoms. The van der Waals surface area contributed by atoms with Gasteiger partial charge >= 0.3 is 5.97 Å². The molecule has 0 aliphatic rings. The van der Waals surface area contributed by atoms with Crippen LogP contribution < -0.4 is 5.32 Å². The van der Waals surface area contributed by atoms with Gasteiger partial charge in [-0.15, -0.1) is 23.1 Å². The molecule has 0 bridgehead atoms. The molecule has 0 aliphatic carbocycles. The third-order valence-electron chi connectivity index (χ3n) is 3.26. The van der Waals surface area contributed by atoms with Crippen molar-refractivity contribution < 1.29 is 14.3 Å². The van der Waals surface area contributed by atoms with E-state index >= 15 is 0 Å². The number of anilines is 1. The number of fused-ring (bicyclic) bond motifs is 1. The number of thioether (sulfide) groups is 1. The third kappa shape index (κ3) is 4.80. The summed E-state index contributed by atoms with van der Waals surface area (Å²) < 4.78 is 4.59. The van der Waals surface area contributed by atoms with Gasteiger partial charge < -0.3 is 15.0 Å². The Labute approximate surface area is 152 Å². The number of hydrogen-bond acceptors (Lipinski definition) is 7. The highest BCUT2D eigenvalue weighted by Gasteiger charge is 2.10. The number of H-pyrrole nitrogens is 1. The molecule has 0 aliphatic heterocycles. The average Bonchev–Trinajstić information content (AvgIpc) is 3.20. The molecule has 1 amide bonds. The van der Waals surface area contributed by atoms with E-state index in [-0.39, 0.29) is 18.3 Å². The van der Waals surface area contributed by atoms with Crippen molar-refractivity contribution in [3.63, 3.8) is 0 Å². The van der Waals surface area contributed by atoms with Gasteiger partial charge in [0.1, 0.15) is 5.82 Å². The van der Waals surface area contributed by atoms with Crippen molar-refractivity contribution in [2.45, 2.75) is 12.2 Å². The molecule has 3 rings (SSSR count). The molecule has 3 aromatic rings. The number of esters is 1. The Balaban J connectivity index is 1.45. The maximum absolute atomic E-state index is 12.0. The van der Waals surface area contributed by atoms with E-state index in [1.165, 1.54) is 30.2 Å². The first kappa shape index (κ1) is 17.4. The van der Waals surface area contributed by atoms with Crippen molar-refractivity contribution >= 4 is 51.1 Å². The molecule has 7 nitrogen and oxygen atoms in total. The first-order valence-electron chi connectivity index (χ1n) is 7.46. The van der Waals surface area contributed by atoms with E-state index in [0.717, 1.165) is 16.9 Å². The van der Waals surface area contributed by atoms with Crippen LogP contribution in [0.5, 0.6) is 0 Å². The van der Waals surface area contributed by atoms with Gasteiger partial charge in [-0.1, -0.05) is 12.1 Å². The van der Waals surface area contributed by atoms with Crippen LogP contribution in [0.3, 0.4) is 0 Å². The van der Waals surface area contributed by atoms with Gasteiger partial charge in [0.2, 0.25) is 5.91 Å². The summed E-state index contributed by atoms with van der Waals surface area (Å²) >= 11 is 2.75. The number of aromatic nitrogens is 3. The van der Waals surface area contributed by atoms with Crippen LogP contribution in [0.15, 0.2) is 29.6 Å². The SMILES string of the molecule is COC(=O)Cc1csc(NC(=O)CSCc2nc3ccccc3[nH]2)n1. The summed E-state index contributed by atoms with van der Waals surface area (Å²) in [5.74, 6) is 1.26. The Kier molecular flexibility index (Phi) is 5.67. The fraction of sp³-hybridized carbons (Fsp3) is 0.250. The lowest BCUT2D eigenvalue weighted by atomic mass is 10.3. The van der Waals surface area contributed by atoms with Crippen molar-refractivity contribution in [2.24, 2.45) is 0 Å². The van der Waals surface area contributed by atoms with Crippen LogP contribution in [0.4, 0.5) is 5.13 Å². The fourth-order valence-corrected chi connectivity index (χ4v) is 3.55. The maximum Gasteiger partial charge on any atom is 0.311 e. The largest absolute Gasteiger partial charge is 0.469 e. The number of rotatable bonds is 7. The first-order chi connectivity index (χ1) is 12.1. The number of amides is 1. The van der Waals surface area contributed by atoms with Gasteiger partial charge in [-0.05, 0) is 12.1 Å². The number of carbonyl (C=O) groups is 2. The van der Waals surface area contributed by atoms with Crippen LogP contribution in [0.1, 0.15) is 11.5 Å². The standard InChI is InChI=1S/C16H16N4O3S2/c1-23-15(22)6-10-7-25-16(17-10)20-14(21)9-24-8-13-18-11-4-2-3-5-12(11)19-13/h2-5,7H,6,8-9H2,1H3,(H,18,19)(H,17,20,21). The minimum absolute atomic E-state index is 0.101. The average molecular weight is 376 g/mol. The van der Waals surface area contributed by atoms with Crippen LogP contribution in [-0.4, -0.2) is 39.7 Å². The van der Waals surface area contributed by atoms with Crippen LogP contribution in [-0.2, 0) is 26.5 Å². The molecule has 2 heterocycles. The van der Waals surface area contributed by atoms with Crippen LogP contribution in [0.2, 0.25) is 0 Å². The van der Waals surface area contributed by atoms with Crippen molar-refractivity contribution in [2.75, 3.05) is 18.2 Å². The first-order valence-corrected chi connectivity index (χ1v) is 9.50. The van der Waals surface area contributed by atoms with Crippen molar-refractivity contribution in [1.82, 2.24) is 15.0 Å². The van der Waals surface area contributed by atoms with Crippen molar-refractivity contribution in [3.8, 4) is 0 Å². The lowest BCUT2D eigenvalue weighted by Gasteiger charge is -2.01. The number of imidazole rings is 1. The van der Waals surface area contributed by atoms with Crippen molar-refractivity contribution in [1.29, 1.82) is 0 Å². The summed E-state index contributed by atoms with van der Waals surface area (Å²) in [5.41, 5.74) is 2.49. The summed E-state index contributed by atoms with van der Waals surface area (Å²) in [6, 6.07) is 7.81. The van der Waals surface area contributed by atoms with E-state index in [4.69, 9.17) is 0 Å². The van der Waals surface area contributed by atoms with Gasteiger partial charge in [-0.25, -0.2) is 9.97 Å². The lowest BCUT2D eigenvalue weighted by Crippen LogP contribution is -2.14. The zero-order valence-corrected chi connectivity index (χ0v) is 15.1. The number of para-hydroxylation sites is 2. The molecule has 0 saturated carbocycles. The molecule has 0 saturated heterocycles. The molecule has 2 N–H and O–H groups in total. The molecule has 130 valence electrons. The molecule has 1 aromatic carbocycles. The molecule has 0 radical (unpaired) electrons. The minimum Gasteiger partial charge on any atom is -0.469 e. The predicted molar refractivity (Wildman–Crippen MR) is 98.7 cm³/mol. The second-order valence-electron chi connectivity index (χ2n) is 5.14. The monoisotopic (exact) mass is 376 g/mol. The second kappa shape index (κ2) is 8.13. The Morgan fingerprint density at radius 3 is 2.96 bits per heavy atom. The molecular weight excluding hydrogens is 360 g/mol. The number of benzene rings is 1. The highest BCUT2D eigenvalue weighted by Crippen LogP contribution is 2.18. The number of nitrogens with one attached hydrogen (secondary N) is 2. The molecule has 0 unspecified atom stereocenters. The number of ether oxygens (including phenoxy) is 1. The zero-order valence-electron chi connectivity index (χ0n) is 13.4. The number of nitrogens with zero attached hydrogens (tertiary/aromatic N) is 2. The molecule has 0 atom stereocenters. The van der Waals surface area contributed by atoms with Crippen LogP contribution in [0, 0.1) is 0 Å². The van der Waals surface area contributed by atoms with E-state index < -0.39 is 0 Å². The Hall–Kier alpha value is -2.39. The highest BCUT2D eigenvalue weighted by atomic mass is 32.2. The minimum atomic E-state index is -0.357. The summed E-state index contributed by atoms with van der Waals surface area (Å²) in [6.07, 6.45) is 0.101. The van der Waals surface area contributed by atoms with Crippen molar-refractivity contribution in [3.05, 3.63) is 41.2 Å². The lowest BCUT2D eigenvalue weighted by molar-refractivity contribution is -0.139. The van der Waals surface area contributed by atoms with Gasteiger partial charge in [0, 0.05) is 5.38 Å². The van der Waals surface area contributed by atoms with Gasteiger partial charge in [-0.3, -0.25) is 9.59 Å². The topological polar surface area (TPSA) is 97.0 Å². The number of methoxy groups -OCH3 is 1. The summed E-state index contributed by atoms with van der Waals surface area (Å²) in [6.45, 7) is 0. The number of aromatic amines is 1. The molecular formula is C16H16N4O3S2. The second-order valence-corrected chi connectivity index (χ2v) is 6.98. The van der Waals surface area contributed by atoms with E-state index in [0.29, 0.717) is 22.3 Å². The van der Waals surface area contributed by atoms with E-state index in [1.807, 2.05) is 24.3 Å². The number of hydrogen-bond donors (Lipinski definition) is 2. The van der Waals surface area contributed by atoms with Gasteiger partial charge in [-0.2, -0.15) is 0 Å². The Morgan fingerprint density at radius 1 is 1.32 bits per heavy atom. The maximum atomic E-state index is 12.0. The quantitative estimate of drug-likeness (QED) is 0.615. The van der Waals surface area contributed by atoms with E-state index in [2.05, 4.69) is 25.0 Å². The van der Waals surface area contributed by atoms with Gasteiger partial charge in [0.05, 0.1) is 41.8 Å². The molecule has 9 heteroatoms. The van der Waals surface area contributed by atoms with Crippen LogP contribution >= 0.6 is 23.1 Å². The number of thiazole rings is 1. The van der Waals surface area contributed by atoms with E-state index in [9.17, 15) is 9.59 Å². The summed E-state index contributed by atoms with van der Waals surface area (Å²) in [5, 5.41) is 4.94. The molecule has 0 spiro atoms. The van der Waals surface area contributed by atoms with Gasteiger partial charge in [0.15, 0.2) is 5.13 Å². The Bertz CT molecular complexity index is 857. The van der Waals surface area contributed by atoms with Gasteiger partial charge in [0.25, 0.3) is 0 Å². The third-order valence-corrected chi connectivity index (χ3v) is 5.01. The predicted octanol–water partition coefficient (Wildman–Crippen LogP) is 2.61. The normalized spacial score (nSPS) is 10.8. The molecule has 2 aromatic heterocycles. The van der Waals surface area contributed by atoms with E-state index in [1.54, 1.807) is 5.38 Å². The number of carbonyl (C=O) groups excluding carboxylic acids is 2.